The lowest BCUT2D eigenvalue weighted by molar-refractivity contribution is -0.122. The Labute approximate surface area is 151 Å². The van der Waals surface area contributed by atoms with Crippen molar-refractivity contribution < 1.29 is 13.9 Å². The van der Waals surface area contributed by atoms with Gasteiger partial charge in [-0.3, -0.25) is 4.79 Å². The first-order chi connectivity index (χ1) is 12.1. The van der Waals surface area contributed by atoms with E-state index in [1.54, 1.807) is 30.3 Å². The number of nitrogens with one attached hydrogen (secondary N) is 2. The smallest absolute Gasteiger partial charge is 0.237 e. The molecule has 0 bridgehead atoms. The van der Waals surface area contributed by atoms with Crippen molar-refractivity contribution in [1.29, 1.82) is 0 Å². The van der Waals surface area contributed by atoms with Crippen LogP contribution in [0.3, 0.4) is 0 Å². The number of halogens is 2. The Bertz CT molecular complexity index is 748. The minimum absolute atomic E-state index is 0.00787. The average Bonchev–Trinajstić information content (AvgIpc) is 3.15. The Hall–Kier alpha value is -2.11. The highest BCUT2D eigenvalue weighted by molar-refractivity contribution is 6.32. The van der Waals surface area contributed by atoms with Gasteiger partial charge >= 0.3 is 0 Å². The van der Waals surface area contributed by atoms with E-state index in [9.17, 15) is 9.18 Å². The molecular formula is C19H20ClFN2O2. The summed E-state index contributed by atoms with van der Waals surface area (Å²) in [5.74, 6) is 0.185. The summed E-state index contributed by atoms with van der Waals surface area (Å²) in [4.78, 5) is 12.0. The minimum atomic E-state index is -0.307. The summed E-state index contributed by atoms with van der Waals surface area (Å²) >= 11 is 6.23. The average molecular weight is 363 g/mol. The van der Waals surface area contributed by atoms with Gasteiger partial charge in [0, 0.05) is 12.1 Å². The summed E-state index contributed by atoms with van der Waals surface area (Å²) in [5, 5.41) is 6.50. The standard InChI is InChI=1S/C19H20ClFN2O2/c20-15-10-13(11-23-19(24)17-6-3-9-22-17)7-8-18(15)25-12-14-4-1-2-5-16(14)21/h1-2,4-5,7-8,10,17,22H,3,6,9,11-12H2,(H,23,24)/t17-/m0/s1. The van der Waals surface area contributed by atoms with Crippen LogP contribution in [-0.4, -0.2) is 18.5 Å². The molecule has 1 atom stereocenters. The topological polar surface area (TPSA) is 50.4 Å². The van der Waals surface area contributed by atoms with Crippen molar-refractivity contribution in [2.75, 3.05) is 6.54 Å². The minimum Gasteiger partial charge on any atom is -0.487 e. The molecule has 2 aromatic carbocycles. The Kier molecular flexibility index (Phi) is 5.89. The van der Waals surface area contributed by atoms with Crippen LogP contribution in [-0.2, 0) is 17.9 Å². The first-order valence-corrected chi connectivity index (χ1v) is 8.67. The molecule has 1 fully saturated rings. The number of carbonyl (C=O) groups is 1. The number of hydrogen-bond acceptors (Lipinski definition) is 3. The molecule has 25 heavy (non-hydrogen) atoms. The van der Waals surface area contributed by atoms with E-state index in [-0.39, 0.29) is 24.4 Å². The maximum atomic E-state index is 13.6. The second-order valence-corrected chi connectivity index (χ2v) is 6.42. The number of ether oxygens (including phenoxy) is 1. The molecule has 2 N–H and O–H groups in total. The van der Waals surface area contributed by atoms with Crippen LogP contribution in [0.5, 0.6) is 5.75 Å². The normalized spacial score (nSPS) is 16.6. The van der Waals surface area contributed by atoms with Crippen molar-refractivity contribution in [3.8, 4) is 5.75 Å². The van der Waals surface area contributed by atoms with E-state index in [4.69, 9.17) is 16.3 Å². The van der Waals surface area contributed by atoms with Crippen LogP contribution in [0.4, 0.5) is 4.39 Å². The quantitative estimate of drug-likeness (QED) is 0.827. The van der Waals surface area contributed by atoms with Crippen LogP contribution >= 0.6 is 11.6 Å². The molecule has 132 valence electrons. The van der Waals surface area contributed by atoms with Crippen molar-refractivity contribution in [3.63, 3.8) is 0 Å². The van der Waals surface area contributed by atoms with Crippen molar-refractivity contribution in [2.24, 2.45) is 0 Å². The second kappa shape index (κ2) is 8.32. The van der Waals surface area contributed by atoms with Gasteiger partial charge in [0.25, 0.3) is 0 Å². The van der Waals surface area contributed by atoms with Crippen LogP contribution in [0.25, 0.3) is 0 Å². The SMILES string of the molecule is O=C(NCc1ccc(OCc2ccccc2F)c(Cl)c1)[C@@H]1CCCN1. The summed E-state index contributed by atoms with van der Waals surface area (Å²) in [6.45, 7) is 1.40. The van der Waals surface area contributed by atoms with Gasteiger partial charge in [0.05, 0.1) is 11.1 Å². The van der Waals surface area contributed by atoms with Crippen molar-refractivity contribution in [1.82, 2.24) is 10.6 Å². The molecule has 1 aliphatic rings. The van der Waals surface area contributed by atoms with Gasteiger partial charge in [-0.1, -0.05) is 35.9 Å². The first-order valence-electron chi connectivity index (χ1n) is 8.29. The first kappa shape index (κ1) is 17.7. The van der Waals surface area contributed by atoms with Gasteiger partial charge in [0.1, 0.15) is 18.2 Å². The van der Waals surface area contributed by atoms with Crippen LogP contribution in [0.1, 0.15) is 24.0 Å². The summed E-state index contributed by atoms with van der Waals surface area (Å²) < 4.78 is 19.2. The number of benzene rings is 2. The highest BCUT2D eigenvalue weighted by Gasteiger charge is 2.21. The Balaban J connectivity index is 1.55. The zero-order valence-electron chi connectivity index (χ0n) is 13.7. The van der Waals surface area contributed by atoms with E-state index in [0.717, 1.165) is 24.9 Å². The van der Waals surface area contributed by atoms with Crippen LogP contribution < -0.4 is 15.4 Å². The van der Waals surface area contributed by atoms with E-state index in [1.165, 1.54) is 6.07 Å². The zero-order valence-corrected chi connectivity index (χ0v) is 14.5. The molecule has 0 radical (unpaired) electrons. The van der Waals surface area contributed by atoms with E-state index >= 15 is 0 Å². The molecule has 0 saturated carbocycles. The van der Waals surface area contributed by atoms with Crippen molar-refractivity contribution in [3.05, 3.63) is 64.4 Å². The fourth-order valence-corrected chi connectivity index (χ4v) is 3.02. The molecule has 4 nitrogen and oxygen atoms in total. The van der Waals surface area contributed by atoms with Crippen molar-refractivity contribution in [2.45, 2.75) is 32.0 Å². The third kappa shape index (κ3) is 4.71. The lowest BCUT2D eigenvalue weighted by Crippen LogP contribution is -2.39. The van der Waals surface area contributed by atoms with Crippen molar-refractivity contribution >= 4 is 17.5 Å². The Morgan fingerprint density at radius 2 is 2.16 bits per heavy atom. The summed E-state index contributed by atoms with van der Waals surface area (Å²) in [5.41, 5.74) is 1.36. The van der Waals surface area contributed by atoms with Gasteiger partial charge in [-0.2, -0.15) is 0 Å². The van der Waals surface area contributed by atoms with Gasteiger partial charge < -0.3 is 15.4 Å². The van der Waals surface area contributed by atoms with Gasteiger partial charge in [-0.25, -0.2) is 4.39 Å². The molecule has 0 aromatic heterocycles. The Morgan fingerprint density at radius 1 is 1.32 bits per heavy atom. The van der Waals surface area contributed by atoms with Gasteiger partial charge in [0.2, 0.25) is 5.91 Å². The number of rotatable bonds is 6. The number of carbonyl (C=O) groups excluding carboxylic acids is 1. The molecule has 3 rings (SSSR count). The van der Waals surface area contributed by atoms with Gasteiger partial charge in [-0.05, 0) is 43.1 Å². The Morgan fingerprint density at radius 3 is 2.88 bits per heavy atom. The fraction of sp³-hybridized carbons (Fsp3) is 0.316. The van der Waals surface area contributed by atoms with E-state index in [1.807, 2.05) is 6.07 Å². The number of amides is 1. The molecule has 1 amide bonds. The maximum Gasteiger partial charge on any atom is 0.237 e. The molecule has 2 aromatic rings. The van der Waals surface area contributed by atoms with Crippen LogP contribution in [0, 0.1) is 5.82 Å². The summed E-state index contributed by atoms with van der Waals surface area (Å²) in [6, 6.07) is 11.7. The molecular weight excluding hydrogens is 343 g/mol. The maximum absolute atomic E-state index is 13.6. The number of hydrogen-bond donors (Lipinski definition) is 2. The zero-order chi connectivity index (χ0) is 17.6. The molecule has 0 aliphatic carbocycles. The van der Waals surface area contributed by atoms with Gasteiger partial charge in [0.15, 0.2) is 0 Å². The van der Waals surface area contributed by atoms with E-state index in [0.29, 0.717) is 22.9 Å². The second-order valence-electron chi connectivity index (χ2n) is 6.01. The highest BCUT2D eigenvalue weighted by Crippen LogP contribution is 2.26. The molecule has 1 aliphatic heterocycles. The predicted molar refractivity (Wildman–Crippen MR) is 95.1 cm³/mol. The predicted octanol–water partition coefficient (Wildman–Crippen LogP) is 3.43. The molecule has 6 heteroatoms. The third-order valence-electron chi connectivity index (χ3n) is 4.18. The molecule has 1 saturated heterocycles. The van der Waals surface area contributed by atoms with E-state index < -0.39 is 0 Å². The molecule has 1 heterocycles. The lowest BCUT2D eigenvalue weighted by Gasteiger charge is -2.13. The molecule has 0 spiro atoms. The lowest BCUT2D eigenvalue weighted by atomic mass is 10.2. The largest absolute Gasteiger partial charge is 0.487 e. The summed E-state index contributed by atoms with van der Waals surface area (Å²) in [7, 11) is 0. The monoisotopic (exact) mass is 362 g/mol. The fourth-order valence-electron chi connectivity index (χ4n) is 2.76. The third-order valence-corrected chi connectivity index (χ3v) is 4.48. The van der Waals surface area contributed by atoms with Crippen LogP contribution in [0.2, 0.25) is 5.02 Å². The van der Waals surface area contributed by atoms with E-state index in [2.05, 4.69) is 10.6 Å². The van der Waals surface area contributed by atoms with Gasteiger partial charge in [-0.15, -0.1) is 0 Å². The molecule has 0 unspecified atom stereocenters. The van der Waals surface area contributed by atoms with Crippen LogP contribution in [0.15, 0.2) is 42.5 Å². The highest BCUT2D eigenvalue weighted by atomic mass is 35.5. The summed E-state index contributed by atoms with van der Waals surface area (Å²) in [6.07, 6.45) is 1.90.